The second-order valence-electron chi connectivity index (χ2n) is 62.0. The van der Waals surface area contributed by atoms with Crippen LogP contribution in [0.5, 0.6) is 0 Å². The van der Waals surface area contributed by atoms with Crippen LogP contribution in [0.3, 0.4) is 0 Å². The summed E-state index contributed by atoms with van der Waals surface area (Å²) in [6, 6.07) is 0. The minimum absolute atomic E-state index is 0.0766. The van der Waals surface area contributed by atoms with E-state index in [1.54, 1.807) is 27.9 Å². The lowest BCUT2D eigenvalue weighted by atomic mass is 9.46. The third kappa shape index (κ3) is 22.8. The Balaban J connectivity index is 0.000000131. The molecule has 0 saturated heterocycles. The van der Waals surface area contributed by atoms with Crippen molar-refractivity contribution in [2.75, 3.05) is 0 Å². The van der Waals surface area contributed by atoms with Gasteiger partial charge in [-0.15, -0.1) is 0 Å². The van der Waals surface area contributed by atoms with Crippen LogP contribution in [0.4, 0.5) is 0 Å². The van der Waals surface area contributed by atoms with Gasteiger partial charge in [-0.3, -0.25) is 4.79 Å². The summed E-state index contributed by atoms with van der Waals surface area (Å²) in [6.45, 7) is 69.3. The Morgan fingerprint density at radius 2 is 0.612 bits per heavy atom. The van der Waals surface area contributed by atoms with E-state index in [0.29, 0.717) is 72.3 Å². The molecule has 0 spiro atoms. The highest BCUT2D eigenvalue weighted by Crippen LogP contribution is 2.75. The van der Waals surface area contributed by atoms with E-state index < -0.39 is 0 Å². The van der Waals surface area contributed by atoms with Gasteiger partial charge in [0.1, 0.15) is 0 Å². The van der Waals surface area contributed by atoms with Crippen molar-refractivity contribution in [3.8, 4) is 0 Å². The van der Waals surface area contributed by atoms with Crippen molar-refractivity contribution in [1.29, 1.82) is 0 Å². The topological polar surface area (TPSA) is 118 Å². The molecular formula is C141H236O6. The molecule has 147 heavy (non-hydrogen) atoms. The second kappa shape index (κ2) is 47.3. The SMILES string of the molecule is C/C=C(/CC[C@@H](C)[C@H]1CC[C@H]2[C@@H]3CC=C4C[C@@H](O)CC[C@]4(C)[C@H]3CC[C@]12C)C(C)C.CC(C)=CCC[C@@H](C)[C@H]1CC[C@H]2[C@@H]3CC=C4C[C@@H](O)CC[C@]4(C)[C@H]3CC[C@]12C.CC(C)CCC[C@@H](C)[C@H]1CC[C@H]2[C@@H]3CC=C4C[C@@H](O)CC[C@]4(C)[C@H]3CC[C@]12C.CCC(CC[C@@H](C)[C@H]1CC[C@H]2[C@@H]3CC=C4C[C@@H](O)CC[C@]4(C)[C@H]3CC[C@]12C)C(C)C.CC[C@H](CC[C@@H](C)[C@H]1CC[C@H]2[C@@H]3C(=O)C=C4C[C@@H](O)CC[C@]4(C)[C@H]3CC[C@]12C)C(C)C. The normalized spacial score (nSPS) is 45.4. The molecule has 6 nitrogen and oxygen atoms in total. The molecule has 6 heteroatoms. The van der Waals surface area contributed by atoms with Crippen LogP contribution in [0.2, 0.25) is 0 Å². The minimum atomic E-state index is -0.243. The van der Waals surface area contributed by atoms with Gasteiger partial charge < -0.3 is 25.5 Å². The lowest BCUT2D eigenvalue weighted by Crippen LogP contribution is -2.53. The number of carbonyl (C=O) groups is 1. The fraction of sp³-hybridized carbons (Fsp3) is 0.894. The number of aliphatic hydroxyl groups excluding tert-OH is 5. The van der Waals surface area contributed by atoms with Gasteiger partial charge in [-0.05, 0) is 547 Å². The summed E-state index contributed by atoms with van der Waals surface area (Å²) in [5, 5.41) is 51.1. The van der Waals surface area contributed by atoms with Crippen molar-refractivity contribution < 1.29 is 30.3 Å². The van der Waals surface area contributed by atoms with E-state index in [1.165, 1.54) is 274 Å². The van der Waals surface area contributed by atoms with Crippen molar-refractivity contribution in [3.05, 3.63) is 81.5 Å². The highest BCUT2D eigenvalue weighted by molar-refractivity contribution is 5.94. The number of hydrogen-bond acceptors (Lipinski definition) is 6. The van der Waals surface area contributed by atoms with Crippen LogP contribution in [0, 0.1) is 238 Å². The Morgan fingerprint density at radius 3 is 0.912 bits per heavy atom. The van der Waals surface area contributed by atoms with E-state index in [0.717, 1.165) is 230 Å². The number of fused-ring (bicyclic) bond motifs is 25. The summed E-state index contributed by atoms with van der Waals surface area (Å²) >= 11 is 0. The highest BCUT2D eigenvalue weighted by Gasteiger charge is 2.67. The summed E-state index contributed by atoms with van der Waals surface area (Å²) in [7, 11) is 0. The first-order chi connectivity index (χ1) is 69.5. The van der Waals surface area contributed by atoms with Crippen molar-refractivity contribution in [1.82, 2.24) is 0 Å². The second-order valence-corrected chi connectivity index (χ2v) is 62.0. The molecule has 0 aromatic heterocycles. The van der Waals surface area contributed by atoms with Gasteiger partial charge in [-0.1, -0.05) is 294 Å². The molecule has 20 rings (SSSR count). The zero-order chi connectivity index (χ0) is 106. The smallest absolute Gasteiger partial charge is 0.159 e. The summed E-state index contributed by atoms with van der Waals surface area (Å²) in [5.74, 6) is 26.3. The molecule has 0 radical (unpaired) electrons. The molecule has 836 valence electrons. The summed E-state index contributed by atoms with van der Waals surface area (Å²) in [4.78, 5) is 13.5. The lowest BCUT2D eigenvalue weighted by Gasteiger charge is -2.58. The van der Waals surface area contributed by atoms with E-state index in [1.807, 2.05) is 6.08 Å². The molecular weight excluding hydrogens is 1790 g/mol. The Hall–Kier alpha value is -2.35. The van der Waals surface area contributed by atoms with Crippen LogP contribution in [-0.2, 0) is 4.79 Å². The van der Waals surface area contributed by atoms with Crippen LogP contribution in [0.25, 0.3) is 0 Å². The van der Waals surface area contributed by atoms with Gasteiger partial charge in [0.2, 0.25) is 0 Å². The predicted octanol–water partition coefficient (Wildman–Crippen LogP) is 37.9. The van der Waals surface area contributed by atoms with Gasteiger partial charge in [0.15, 0.2) is 5.78 Å². The van der Waals surface area contributed by atoms with Gasteiger partial charge in [0.25, 0.3) is 0 Å². The van der Waals surface area contributed by atoms with Crippen molar-refractivity contribution in [3.63, 3.8) is 0 Å². The van der Waals surface area contributed by atoms with Crippen LogP contribution in [-0.4, -0.2) is 61.8 Å². The Labute approximate surface area is 907 Å². The monoisotopic (exact) mass is 2030 g/mol. The fourth-order valence-electron chi connectivity index (χ4n) is 44.4. The van der Waals surface area contributed by atoms with Gasteiger partial charge in [-0.25, -0.2) is 0 Å². The summed E-state index contributed by atoms with van der Waals surface area (Å²) in [6.07, 6.45) is 83.5. The molecule has 15 fully saturated rings. The first-order valence-electron chi connectivity index (χ1n) is 65.2. The van der Waals surface area contributed by atoms with Crippen LogP contribution < -0.4 is 0 Å². The number of ketones is 1. The average molecular weight is 2030 g/mol. The predicted molar refractivity (Wildman–Crippen MR) is 623 cm³/mol. The fourth-order valence-corrected chi connectivity index (χ4v) is 44.4. The quantitative estimate of drug-likeness (QED) is 0.0551. The summed E-state index contributed by atoms with van der Waals surface area (Å²) in [5.41, 5.74) is 15.2. The summed E-state index contributed by atoms with van der Waals surface area (Å²) < 4.78 is 0. The standard InChI is InChI=1S/C29H48O2.C29H50O.C29H48O.C27H46O.C27H44O/c1-7-20(18(2)3)9-8-19(4)23-10-11-24-27-25(13-15-29(23,24)6)28(5)14-12-22(30)16-21(28)17-26(27)31;2*1-7-21(19(2)3)9-8-20(4)25-12-13-26-24-11-10-22-18-23(30)14-16-28(22,5)27(24)15-17-29(25,26)6;2*1-18(2)7-6-8-19(3)23-11-12-24-22-10-9-20-17-21(28)13-15-26(20,4)25(22)14-16-27(23,24)5/h17-20,22-25,27,30H,7-16H2,1-6H3;10,19-21,23-27,30H,7-9,11-18H2,1-6H3;7,10,19-20,23-27,30H,8-9,11-18H2,1-6H3;9,18-19,21-25,28H,6-8,10-17H2,1-5H3;7,9,19,21-25,28H,6,8,10-17H2,1-5H3/b;;21-7-;;/t19-,20-,22+,23-,24+,25+,27+,28+,29-;20-,21?,23+,24+,25-,26+,27+,28+,29-;20-,23+,24+,25-,26+,27+,28+,29-;2*19-,21+,22+,23-,24+,25+,26+,27-/m11111/s1. The zero-order valence-corrected chi connectivity index (χ0v) is 101. The third-order valence-electron chi connectivity index (χ3n) is 53.6. The van der Waals surface area contributed by atoms with Gasteiger partial charge in [0.05, 0.1) is 30.5 Å². The van der Waals surface area contributed by atoms with Crippen molar-refractivity contribution in [2.45, 2.75) is 558 Å². The largest absolute Gasteiger partial charge is 0.393 e. The molecule has 0 amide bonds. The highest BCUT2D eigenvalue weighted by atomic mass is 16.3. The van der Waals surface area contributed by atoms with E-state index in [9.17, 15) is 30.3 Å². The Kier molecular flexibility index (Phi) is 37.7. The molecule has 0 aromatic carbocycles. The lowest BCUT2D eigenvalue weighted by molar-refractivity contribution is -0.135. The van der Waals surface area contributed by atoms with E-state index in [4.69, 9.17) is 0 Å². The molecule has 0 aromatic rings. The maximum Gasteiger partial charge on any atom is 0.159 e. The van der Waals surface area contributed by atoms with Crippen LogP contribution in [0.1, 0.15) is 528 Å². The Morgan fingerprint density at radius 1 is 0.327 bits per heavy atom. The third-order valence-corrected chi connectivity index (χ3v) is 53.6. The maximum atomic E-state index is 13.5. The number of carbonyl (C=O) groups excluding carboxylic acids is 1. The van der Waals surface area contributed by atoms with E-state index >= 15 is 0 Å². The molecule has 20 aliphatic rings. The number of rotatable bonds is 26. The van der Waals surface area contributed by atoms with Crippen LogP contribution in [0.15, 0.2) is 81.5 Å². The molecule has 0 heterocycles. The molecule has 5 N–H and O–H groups in total. The number of hydrogen-bond donors (Lipinski definition) is 5. The first kappa shape index (κ1) is 117. The molecule has 42 atom stereocenters. The van der Waals surface area contributed by atoms with Crippen molar-refractivity contribution >= 4 is 5.78 Å². The molecule has 0 aliphatic heterocycles. The Bertz CT molecular complexity index is 4570. The first-order valence-corrected chi connectivity index (χ1v) is 65.2. The molecule has 1 unspecified atom stereocenters. The van der Waals surface area contributed by atoms with Crippen molar-refractivity contribution in [2.24, 2.45) is 238 Å². The molecule has 20 aliphatic carbocycles. The van der Waals surface area contributed by atoms with Gasteiger partial charge >= 0.3 is 0 Å². The van der Waals surface area contributed by atoms with Crippen LogP contribution >= 0.6 is 0 Å². The van der Waals surface area contributed by atoms with E-state index in [-0.39, 0.29) is 41.9 Å². The number of aliphatic hydroxyl groups is 5. The zero-order valence-electron chi connectivity index (χ0n) is 101. The number of allylic oxidation sites excluding steroid dienone is 9. The molecule has 0 bridgehead atoms. The maximum absolute atomic E-state index is 13.5. The average Bonchev–Trinajstić information content (AvgIpc) is 1.63. The van der Waals surface area contributed by atoms with Gasteiger partial charge in [0, 0.05) is 5.92 Å². The minimum Gasteiger partial charge on any atom is -0.393 e. The molecule has 15 saturated carbocycles. The van der Waals surface area contributed by atoms with Gasteiger partial charge in [-0.2, -0.15) is 0 Å². The van der Waals surface area contributed by atoms with E-state index in [2.05, 4.69) is 230 Å².